The minimum absolute atomic E-state index is 0.0604. The summed E-state index contributed by atoms with van der Waals surface area (Å²) in [5.74, 6) is -0.0604. The van der Waals surface area contributed by atoms with Gasteiger partial charge in [0.1, 0.15) is 6.33 Å². The van der Waals surface area contributed by atoms with E-state index in [4.69, 9.17) is 0 Å². The fourth-order valence-corrected chi connectivity index (χ4v) is 2.00. The highest BCUT2D eigenvalue weighted by Gasteiger charge is 2.19. The lowest BCUT2D eigenvalue weighted by Gasteiger charge is -2.05. The molecule has 0 atom stereocenters. The fraction of sp³-hybridized carbons (Fsp3) is 0.143. The molecule has 94 valence electrons. The average Bonchev–Trinajstić information content (AvgIpc) is 2.90. The lowest BCUT2D eigenvalue weighted by Crippen LogP contribution is -2.24. The van der Waals surface area contributed by atoms with Crippen LogP contribution in [0, 0.1) is 0 Å². The summed E-state index contributed by atoms with van der Waals surface area (Å²) < 4.78 is 0. The smallest absolute Gasteiger partial charge is 0.247 e. The fourth-order valence-electron chi connectivity index (χ4n) is 2.00. The Labute approximate surface area is 110 Å². The van der Waals surface area contributed by atoms with E-state index < -0.39 is 0 Å². The molecule has 0 saturated carbocycles. The first-order valence-electron chi connectivity index (χ1n) is 5.99. The minimum Gasteiger partial charge on any atom is -0.348 e. The van der Waals surface area contributed by atoms with Crippen molar-refractivity contribution >= 4 is 12.0 Å². The van der Waals surface area contributed by atoms with Gasteiger partial charge in [0.05, 0.1) is 5.69 Å². The molecule has 1 aliphatic carbocycles. The summed E-state index contributed by atoms with van der Waals surface area (Å²) in [6.07, 6.45) is 9.08. The van der Waals surface area contributed by atoms with Gasteiger partial charge in [-0.25, -0.2) is 9.97 Å². The molecule has 1 aliphatic rings. The van der Waals surface area contributed by atoms with Crippen LogP contribution in [0.1, 0.15) is 16.8 Å². The van der Waals surface area contributed by atoms with Crippen LogP contribution in [0.5, 0.6) is 0 Å². The number of amides is 1. The van der Waals surface area contributed by atoms with E-state index in [0.717, 1.165) is 22.4 Å². The van der Waals surface area contributed by atoms with Crippen LogP contribution in [-0.2, 0) is 17.8 Å². The molecule has 0 aliphatic heterocycles. The van der Waals surface area contributed by atoms with Crippen LogP contribution in [0.3, 0.4) is 0 Å². The molecule has 2 aromatic heterocycles. The van der Waals surface area contributed by atoms with Gasteiger partial charge in [-0.15, -0.1) is 0 Å². The summed E-state index contributed by atoms with van der Waals surface area (Å²) in [7, 11) is 0. The number of carbonyl (C=O) groups is 1. The Bertz CT molecular complexity index is 637. The maximum atomic E-state index is 12.0. The summed E-state index contributed by atoms with van der Waals surface area (Å²) in [4.78, 5) is 24.1. The number of fused-ring (bicyclic) bond motifs is 1. The SMILES string of the molecule is O=C(NCc1ccncc1)C1=Cc2ncncc2C1. The number of hydrogen-bond acceptors (Lipinski definition) is 4. The zero-order chi connectivity index (χ0) is 13.1. The van der Waals surface area contributed by atoms with E-state index in [1.807, 2.05) is 18.2 Å². The van der Waals surface area contributed by atoms with Crippen molar-refractivity contribution in [2.75, 3.05) is 0 Å². The minimum atomic E-state index is -0.0604. The van der Waals surface area contributed by atoms with Gasteiger partial charge in [0, 0.05) is 42.7 Å². The topological polar surface area (TPSA) is 67.8 Å². The van der Waals surface area contributed by atoms with Crippen LogP contribution in [0.15, 0.2) is 42.6 Å². The lowest BCUT2D eigenvalue weighted by molar-refractivity contribution is -0.117. The molecule has 3 rings (SSSR count). The van der Waals surface area contributed by atoms with Crippen LogP contribution in [-0.4, -0.2) is 20.9 Å². The van der Waals surface area contributed by atoms with Crippen molar-refractivity contribution in [3.8, 4) is 0 Å². The Morgan fingerprint density at radius 2 is 2.11 bits per heavy atom. The van der Waals surface area contributed by atoms with Gasteiger partial charge >= 0.3 is 0 Å². The average molecular weight is 252 g/mol. The molecular weight excluding hydrogens is 240 g/mol. The molecule has 0 fully saturated rings. The predicted octanol–water partition coefficient (Wildman–Crippen LogP) is 1.13. The molecule has 0 bridgehead atoms. The number of pyridine rings is 1. The van der Waals surface area contributed by atoms with E-state index >= 15 is 0 Å². The normalized spacial score (nSPS) is 12.7. The van der Waals surface area contributed by atoms with E-state index in [1.54, 1.807) is 18.6 Å². The third-order valence-electron chi connectivity index (χ3n) is 3.01. The molecule has 0 spiro atoms. The molecule has 19 heavy (non-hydrogen) atoms. The van der Waals surface area contributed by atoms with Gasteiger partial charge in [-0.1, -0.05) is 0 Å². The lowest BCUT2D eigenvalue weighted by atomic mass is 10.1. The van der Waals surface area contributed by atoms with Crippen molar-refractivity contribution < 1.29 is 4.79 Å². The first-order chi connectivity index (χ1) is 9.33. The number of nitrogens with one attached hydrogen (secondary N) is 1. The molecular formula is C14H12N4O. The standard InChI is InChI=1S/C14H12N4O/c19-14(17-7-10-1-3-15-4-2-10)11-5-12-8-16-9-18-13(12)6-11/h1-4,6,8-9H,5,7H2,(H,17,19). The van der Waals surface area contributed by atoms with Gasteiger partial charge in [-0.3, -0.25) is 9.78 Å². The van der Waals surface area contributed by atoms with Gasteiger partial charge in [0.2, 0.25) is 5.91 Å². The third kappa shape index (κ3) is 2.49. The second-order valence-corrected chi connectivity index (χ2v) is 4.32. The van der Waals surface area contributed by atoms with Crippen LogP contribution < -0.4 is 5.32 Å². The molecule has 1 amide bonds. The van der Waals surface area contributed by atoms with E-state index in [0.29, 0.717) is 13.0 Å². The van der Waals surface area contributed by atoms with Crippen LogP contribution in [0.25, 0.3) is 6.08 Å². The monoisotopic (exact) mass is 252 g/mol. The second kappa shape index (κ2) is 4.97. The summed E-state index contributed by atoms with van der Waals surface area (Å²) in [6, 6.07) is 3.76. The molecule has 0 aromatic carbocycles. The zero-order valence-electron chi connectivity index (χ0n) is 10.2. The van der Waals surface area contributed by atoms with Gasteiger partial charge in [0.25, 0.3) is 0 Å². The molecule has 5 heteroatoms. The Morgan fingerprint density at radius 1 is 1.26 bits per heavy atom. The predicted molar refractivity (Wildman–Crippen MR) is 69.8 cm³/mol. The first-order valence-corrected chi connectivity index (χ1v) is 5.99. The van der Waals surface area contributed by atoms with E-state index in [-0.39, 0.29) is 5.91 Å². The molecule has 2 aromatic rings. The zero-order valence-corrected chi connectivity index (χ0v) is 10.2. The Morgan fingerprint density at radius 3 is 2.89 bits per heavy atom. The van der Waals surface area contributed by atoms with Gasteiger partial charge in [-0.2, -0.15) is 0 Å². The van der Waals surface area contributed by atoms with Gasteiger partial charge in [0.15, 0.2) is 0 Å². The number of aromatic nitrogens is 3. The Kier molecular flexibility index (Phi) is 3.02. The number of hydrogen-bond donors (Lipinski definition) is 1. The first kappa shape index (κ1) is 11.5. The number of nitrogens with zero attached hydrogens (tertiary/aromatic N) is 3. The van der Waals surface area contributed by atoms with Crippen molar-refractivity contribution in [2.45, 2.75) is 13.0 Å². The highest BCUT2D eigenvalue weighted by Crippen LogP contribution is 2.21. The van der Waals surface area contributed by atoms with Crippen molar-refractivity contribution in [3.05, 3.63) is 59.4 Å². The molecule has 0 radical (unpaired) electrons. The molecule has 5 nitrogen and oxygen atoms in total. The van der Waals surface area contributed by atoms with Gasteiger partial charge < -0.3 is 5.32 Å². The summed E-state index contributed by atoms with van der Waals surface area (Å²) in [5.41, 5.74) is 3.59. The van der Waals surface area contributed by atoms with Crippen LogP contribution >= 0.6 is 0 Å². The molecule has 2 heterocycles. The Hall–Kier alpha value is -2.56. The summed E-state index contributed by atoms with van der Waals surface area (Å²) >= 11 is 0. The maximum Gasteiger partial charge on any atom is 0.247 e. The van der Waals surface area contributed by atoms with E-state index in [9.17, 15) is 4.79 Å². The van der Waals surface area contributed by atoms with Crippen LogP contribution in [0.4, 0.5) is 0 Å². The Balaban J connectivity index is 1.64. The number of carbonyl (C=O) groups excluding carboxylic acids is 1. The quantitative estimate of drug-likeness (QED) is 0.889. The molecule has 0 unspecified atom stereocenters. The largest absolute Gasteiger partial charge is 0.348 e. The third-order valence-corrected chi connectivity index (χ3v) is 3.01. The highest BCUT2D eigenvalue weighted by molar-refractivity contribution is 5.99. The second-order valence-electron chi connectivity index (χ2n) is 4.32. The summed E-state index contributed by atoms with van der Waals surface area (Å²) in [6.45, 7) is 0.501. The highest BCUT2D eigenvalue weighted by atomic mass is 16.1. The summed E-state index contributed by atoms with van der Waals surface area (Å²) in [5, 5.41) is 2.89. The van der Waals surface area contributed by atoms with E-state index in [1.165, 1.54) is 6.33 Å². The van der Waals surface area contributed by atoms with Crippen LogP contribution in [0.2, 0.25) is 0 Å². The van der Waals surface area contributed by atoms with Gasteiger partial charge in [-0.05, 0) is 23.8 Å². The van der Waals surface area contributed by atoms with E-state index in [2.05, 4.69) is 20.3 Å². The number of rotatable bonds is 3. The van der Waals surface area contributed by atoms with Crippen molar-refractivity contribution in [1.82, 2.24) is 20.3 Å². The molecule has 1 N–H and O–H groups in total. The van der Waals surface area contributed by atoms with Crippen molar-refractivity contribution in [3.63, 3.8) is 0 Å². The van der Waals surface area contributed by atoms with Crippen molar-refractivity contribution in [1.29, 1.82) is 0 Å². The molecule has 0 saturated heterocycles. The maximum absolute atomic E-state index is 12.0. The van der Waals surface area contributed by atoms with Crippen molar-refractivity contribution in [2.24, 2.45) is 0 Å².